The molecular formula is C26H31ClFN3O. The van der Waals surface area contributed by atoms with E-state index in [2.05, 4.69) is 32.6 Å². The van der Waals surface area contributed by atoms with E-state index in [1.807, 2.05) is 22.8 Å². The number of fused-ring (bicyclic) bond motifs is 1. The molecule has 32 heavy (non-hydrogen) atoms. The van der Waals surface area contributed by atoms with Crippen molar-refractivity contribution in [3.05, 3.63) is 63.4 Å². The van der Waals surface area contributed by atoms with E-state index < -0.39 is 0 Å². The van der Waals surface area contributed by atoms with Gasteiger partial charge in [0.2, 0.25) is 0 Å². The van der Waals surface area contributed by atoms with Crippen LogP contribution in [0.3, 0.4) is 0 Å². The minimum atomic E-state index is -0.381. The van der Waals surface area contributed by atoms with Crippen LogP contribution in [0.2, 0.25) is 5.02 Å². The minimum absolute atomic E-state index is 0.0135. The quantitative estimate of drug-likeness (QED) is 0.466. The Morgan fingerprint density at radius 2 is 1.94 bits per heavy atom. The second kappa shape index (κ2) is 9.32. The summed E-state index contributed by atoms with van der Waals surface area (Å²) < 4.78 is 15.4. The van der Waals surface area contributed by atoms with E-state index in [1.165, 1.54) is 12.1 Å². The molecule has 1 aliphatic heterocycles. The van der Waals surface area contributed by atoms with E-state index in [4.69, 9.17) is 16.6 Å². The van der Waals surface area contributed by atoms with Crippen LogP contribution >= 0.6 is 11.6 Å². The number of nitrogens with zero attached hydrogens (tertiary/aromatic N) is 3. The highest BCUT2D eigenvalue weighted by molar-refractivity contribution is 6.33. The Balaban J connectivity index is 1.78. The number of piperidine rings is 1. The maximum atomic E-state index is 13.7. The molecule has 0 unspecified atom stereocenters. The molecule has 1 aliphatic rings. The first kappa shape index (κ1) is 22.9. The van der Waals surface area contributed by atoms with Crippen LogP contribution in [-0.2, 0) is 6.54 Å². The van der Waals surface area contributed by atoms with Gasteiger partial charge in [0.15, 0.2) is 0 Å². The van der Waals surface area contributed by atoms with Crippen molar-refractivity contribution >= 4 is 22.5 Å². The van der Waals surface area contributed by atoms with E-state index >= 15 is 0 Å². The Morgan fingerprint density at radius 1 is 1.16 bits per heavy atom. The van der Waals surface area contributed by atoms with Crippen molar-refractivity contribution in [3.63, 3.8) is 0 Å². The summed E-state index contributed by atoms with van der Waals surface area (Å²) in [5, 5.41) is 0.899. The summed E-state index contributed by atoms with van der Waals surface area (Å²) in [5.74, 6) is 1.02. The van der Waals surface area contributed by atoms with Gasteiger partial charge in [0.25, 0.3) is 5.56 Å². The zero-order valence-electron chi connectivity index (χ0n) is 19.2. The number of benzene rings is 2. The number of rotatable bonds is 5. The predicted molar refractivity (Wildman–Crippen MR) is 130 cm³/mol. The topological polar surface area (TPSA) is 38.1 Å². The van der Waals surface area contributed by atoms with E-state index in [1.54, 1.807) is 6.07 Å². The van der Waals surface area contributed by atoms with Crippen molar-refractivity contribution in [2.45, 2.75) is 59.0 Å². The third kappa shape index (κ3) is 4.60. The lowest BCUT2D eigenvalue weighted by Crippen LogP contribution is -2.42. The lowest BCUT2D eigenvalue weighted by molar-refractivity contribution is 0.129. The highest BCUT2D eigenvalue weighted by Crippen LogP contribution is 2.30. The maximum absolute atomic E-state index is 13.7. The molecule has 2 aromatic carbocycles. The average Bonchev–Trinajstić information content (AvgIpc) is 2.75. The second-order valence-electron chi connectivity index (χ2n) is 9.49. The van der Waals surface area contributed by atoms with Crippen LogP contribution in [0.5, 0.6) is 0 Å². The number of likely N-dealkylation sites (tertiary alicyclic amines) is 1. The molecule has 4 nitrogen and oxygen atoms in total. The van der Waals surface area contributed by atoms with Crippen molar-refractivity contribution in [2.75, 3.05) is 13.1 Å². The van der Waals surface area contributed by atoms with Gasteiger partial charge in [-0.05, 0) is 75.0 Å². The van der Waals surface area contributed by atoms with Gasteiger partial charge in [-0.1, -0.05) is 31.5 Å². The molecule has 1 atom stereocenters. The van der Waals surface area contributed by atoms with Crippen LogP contribution in [-0.4, -0.2) is 33.6 Å². The summed E-state index contributed by atoms with van der Waals surface area (Å²) in [6.07, 6.45) is 2.28. The van der Waals surface area contributed by atoms with Crippen LogP contribution in [0, 0.1) is 11.7 Å². The first-order valence-corrected chi connectivity index (χ1v) is 11.9. The van der Waals surface area contributed by atoms with Crippen LogP contribution in [0.15, 0.2) is 41.2 Å². The Labute approximate surface area is 194 Å². The largest absolute Gasteiger partial charge is 0.301 e. The normalized spacial score (nSPS) is 17.6. The summed E-state index contributed by atoms with van der Waals surface area (Å²) in [6, 6.07) is 10.4. The van der Waals surface area contributed by atoms with Gasteiger partial charge >= 0.3 is 0 Å². The standard InChI is InChI=1S/C26H31ClFN3O/c1-16(2)25-29-24-10-7-19(21-9-8-20(28)13-23(21)27)12-22(24)26(32)31(25)15-18-6-5-11-30(14-18)17(3)4/h7-10,12-13,16-18H,5-6,11,14-15H2,1-4H3/t18-/m0/s1. The first-order valence-electron chi connectivity index (χ1n) is 11.5. The van der Waals surface area contributed by atoms with Crippen molar-refractivity contribution in [1.29, 1.82) is 0 Å². The number of hydrogen-bond donors (Lipinski definition) is 0. The summed E-state index contributed by atoms with van der Waals surface area (Å²) in [5.41, 5.74) is 2.16. The maximum Gasteiger partial charge on any atom is 0.261 e. The van der Waals surface area contributed by atoms with Gasteiger partial charge in [0.1, 0.15) is 11.6 Å². The molecular weight excluding hydrogens is 425 g/mol. The van der Waals surface area contributed by atoms with Gasteiger partial charge in [-0.25, -0.2) is 9.37 Å². The first-order chi connectivity index (χ1) is 15.2. The third-order valence-corrected chi connectivity index (χ3v) is 6.78. The average molecular weight is 456 g/mol. The van der Waals surface area contributed by atoms with Gasteiger partial charge in [0, 0.05) is 30.6 Å². The molecule has 1 saturated heterocycles. The van der Waals surface area contributed by atoms with Gasteiger partial charge in [-0.2, -0.15) is 0 Å². The molecule has 170 valence electrons. The fourth-order valence-corrected chi connectivity index (χ4v) is 5.00. The number of hydrogen-bond acceptors (Lipinski definition) is 3. The molecule has 3 aromatic rings. The van der Waals surface area contributed by atoms with Crippen LogP contribution in [0.1, 0.15) is 52.3 Å². The zero-order chi connectivity index (χ0) is 23.0. The molecule has 0 spiro atoms. The molecule has 1 fully saturated rings. The lowest BCUT2D eigenvalue weighted by atomic mass is 9.96. The summed E-state index contributed by atoms with van der Waals surface area (Å²) in [6.45, 7) is 11.4. The Hall–Kier alpha value is -2.24. The van der Waals surface area contributed by atoms with Crippen molar-refractivity contribution in [3.8, 4) is 11.1 Å². The summed E-state index contributed by atoms with van der Waals surface area (Å²) in [7, 11) is 0. The lowest BCUT2D eigenvalue weighted by Gasteiger charge is -2.36. The molecule has 2 heterocycles. The molecule has 4 rings (SSSR count). The molecule has 6 heteroatoms. The Bertz CT molecular complexity index is 1190. The van der Waals surface area contributed by atoms with Crippen LogP contribution in [0.4, 0.5) is 4.39 Å². The fourth-order valence-electron chi connectivity index (χ4n) is 4.72. The summed E-state index contributed by atoms with van der Waals surface area (Å²) in [4.78, 5) is 21.1. The molecule has 0 amide bonds. The molecule has 0 bridgehead atoms. The van der Waals surface area contributed by atoms with Gasteiger partial charge in [-0.3, -0.25) is 9.36 Å². The highest BCUT2D eigenvalue weighted by atomic mass is 35.5. The monoisotopic (exact) mass is 455 g/mol. The second-order valence-corrected chi connectivity index (χ2v) is 9.90. The van der Waals surface area contributed by atoms with Crippen molar-refractivity contribution < 1.29 is 4.39 Å². The van der Waals surface area contributed by atoms with E-state index in [9.17, 15) is 9.18 Å². The Morgan fingerprint density at radius 3 is 2.62 bits per heavy atom. The smallest absolute Gasteiger partial charge is 0.261 e. The van der Waals surface area contributed by atoms with E-state index in [0.717, 1.165) is 37.3 Å². The zero-order valence-corrected chi connectivity index (χ0v) is 20.0. The van der Waals surface area contributed by atoms with Crippen molar-refractivity contribution in [2.24, 2.45) is 5.92 Å². The van der Waals surface area contributed by atoms with Crippen LogP contribution in [0.25, 0.3) is 22.0 Å². The SMILES string of the molecule is CC(C)c1nc2ccc(-c3ccc(F)cc3Cl)cc2c(=O)n1C[C@H]1CCCN(C(C)C)C1. The van der Waals surface area contributed by atoms with Gasteiger partial charge in [-0.15, -0.1) is 0 Å². The summed E-state index contributed by atoms with van der Waals surface area (Å²) >= 11 is 6.28. The Kier molecular flexibility index (Phi) is 6.68. The molecule has 0 radical (unpaired) electrons. The number of halogens is 2. The molecule has 0 saturated carbocycles. The fraction of sp³-hybridized carbons (Fsp3) is 0.462. The molecule has 0 N–H and O–H groups in total. The third-order valence-electron chi connectivity index (χ3n) is 6.46. The minimum Gasteiger partial charge on any atom is -0.301 e. The highest BCUT2D eigenvalue weighted by Gasteiger charge is 2.24. The van der Waals surface area contributed by atoms with E-state index in [0.29, 0.717) is 40.0 Å². The van der Waals surface area contributed by atoms with Gasteiger partial charge in [0.05, 0.1) is 15.9 Å². The van der Waals surface area contributed by atoms with Gasteiger partial charge < -0.3 is 4.90 Å². The molecule has 0 aliphatic carbocycles. The van der Waals surface area contributed by atoms with Crippen LogP contribution < -0.4 is 5.56 Å². The van der Waals surface area contributed by atoms with Crippen molar-refractivity contribution in [1.82, 2.24) is 14.5 Å². The molecule has 1 aromatic heterocycles. The van der Waals surface area contributed by atoms with E-state index in [-0.39, 0.29) is 17.3 Å². The number of aromatic nitrogens is 2. The predicted octanol–water partition coefficient (Wildman–Crippen LogP) is 6.10.